The lowest BCUT2D eigenvalue weighted by atomic mass is 9.73. The summed E-state index contributed by atoms with van der Waals surface area (Å²) in [6, 6.07) is 7.07. The van der Waals surface area contributed by atoms with Crippen LogP contribution in [0.2, 0.25) is 5.02 Å². The van der Waals surface area contributed by atoms with Crippen molar-refractivity contribution in [3.05, 3.63) is 71.5 Å². The summed E-state index contributed by atoms with van der Waals surface area (Å²) in [5, 5.41) is 17.0. The van der Waals surface area contributed by atoms with Crippen molar-refractivity contribution in [3.8, 4) is 0 Å². The average molecular weight is 873 g/mol. The third kappa shape index (κ3) is 11.2. The van der Waals surface area contributed by atoms with Gasteiger partial charge in [0.15, 0.2) is 18.0 Å². The van der Waals surface area contributed by atoms with Gasteiger partial charge in [0.2, 0.25) is 0 Å². The van der Waals surface area contributed by atoms with Gasteiger partial charge in [-0.2, -0.15) is 0 Å². The molecule has 0 unspecified atom stereocenters. The van der Waals surface area contributed by atoms with Crippen LogP contribution >= 0.6 is 11.6 Å². The number of hydrogen-bond acceptors (Lipinski definition) is 15. The van der Waals surface area contributed by atoms with Crippen LogP contribution in [-0.4, -0.2) is 119 Å². The molecule has 15 nitrogen and oxygen atoms in total. The minimum absolute atomic E-state index is 0.0736. The summed E-state index contributed by atoms with van der Waals surface area (Å²) >= 11 is 6.48. The standard InChI is InChI=1S/C45H65ClN4O11/c1-12-35-45(8)40(60-43(53)61-45)28(4)36(49-56-24-32-17-13-14-18-33(32)46)26(2)21-44(7,54-11)39(59-42-37(51)34(50(9)10)20-27(3)57-42)29(5)38(30(6)41(52)58-35)55-19-15-16-31-22-47-25-48-23-31/h13-15,17-19,22-23,25-30,34-35,37-40,42,51H,12,16,20-21,24H2,1-11H3/b19-15-,49-36+/t26-,27-,28+,29+,30-,34+,35-,37-,38+,39-,40-,42+,44-,45-/m1/s1. The van der Waals surface area contributed by atoms with Crippen molar-refractivity contribution in [2.75, 3.05) is 21.2 Å². The summed E-state index contributed by atoms with van der Waals surface area (Å²) in [4.78, 5) is 43.8. The fourth-order valence-electron chi connectivity index (χ4n) is 9.17. The van der Waals surface area contributed by atoms with Gasteiger partial charge in [-0.05, 0) is 85.2 Å². The van der Waals surface area contributed by atoms with Crippen molar-refractivity contribution < 1.29 is 52.7 Å². The predicted octanol–water partition coefficient (Wildman–Crippen LogP) is 6.92. The van der Waals surface area contributed by atoms with E-state index in [-0.39, 0.29) is 25.2 Å². The molecule has 0 amide bonds. The molecule has 3 fully saturated rings. The molecular weight excluding hydrogens is 808 g/mol. The molecule has 1 aromatic carbocycles. The van der Waals surface area contributed by atoms with E-state index in [2.05, 4.69) is 9.97 Å². The lowest BCUT2D eigenvalue weighted by molar-refractivity contribution is -0.301. The van der Waals surface area contributed by atoms with Gasteiger partial charge in [-0.25, -0.2) is 14.8 Å². The second-order valence-corrected chi connectivity index (χ2v) is 17.8. The highest BCUT2D eigenvalue weighted by Crippen LogP contribution is 2.43. The third-order valence-electron chi connectivity index (χ3n) is 12.6. The van der Waals surface area contributed by atoms with Gasteiger partial charge < -0.3 is 48.0 Å². The van der Waals surface area contributed by atoms with Gasteiger partial charge in [-0.15, -0.1) is 0 Å². The SMILES string of the molecule is CC[C@H]1OC(=O)[C@H](C)[C@@H](O/C=C\Cc2cncnc2)[C@H](C)[C@@H](O[C@@H]2O[C@H](C)C[C@H](N(C)C)[C@H]2O)[C@](C)(OC)C[C@@H](C)/C(=N\OCc2ccccc2Cl)[C@H](C)[C@H]2OC(=O)O[C@@]21C. The molecule has 5 rings (SSSR count). The molecule has 1 N–H and O–H groups in total. The minimum atomic E-state index is -1.40. The van der Waals surface area contributed by atoms with Crippen LogP contribution in [0.3, 0.4) is 0 Å². The van der Waals surface area contributed by atoms with Gasteiger partial charge in [0, 0.05) is 53.9 Å². The second kappa shape index (κ2) is 21.0. The van der Waals surface area contributed by atoms with E-state index in [1.54, 1.807) is 45.7 Å². The van der Waals surface area contributed by atoms with E-state index in [9.17, 15) is 14.7 Å². The van der Waals surface area contributed by atoms with Gasteiger partial charge >= 0.3 is 12.1 Å². The van der Waals surface area contributed by atoms with Crippen LogP contribution in [0, 0.1) is 23.7 Å². The number of cyclic esters (lactones) is 1. The average Bonchev–Trinajstić information content (AvgIpc) is 3.55. The smallest absolute Gasteiger partial charge is 0.497 e. The van der Waals surface area contributed by atoms with E-state index in [0.717, 1.165) is 11.1 Å². The Labute approximate surface area is 365 Å². The summed E-state index contributed by atoms with van der Waals surface area (Å²) in [5.74, 6) is -3.10. The summed E-state index contributed by atoms with van der Waals surface area (Å²) in [6.45, 7) is 15.1. The minimum Gasteiger partial charge on any atom is -0.497 e. The number of oxime groups is 1. The maximum atomic E-state index is 14.5. The normalized spacial score (nSPS) is 37.1. The van der Waals surface area contributed by atoms with Crippen molar-refractivity contribution in [3.63, 3.8) is 0 Å². The topological polar surface area (TPSA) is 170 Å². The number of esters is 1. The quantitative estimate of drug-likeness (QED) is 0.132. The number of likely N-dealkylation sites (N-methyl/N-ethyl adjacent to an activating group) is 1. The highest BCUT2D eigenvalue weighted by atomic mass is 35.5. The van der Waals surface area contributed by atoms with Crippen LogP contribution in [0.4, 0.5) is 4.79 Å². The van der Waals surface area contributed by atoms with E-state index < -0.39 is 83.8 Å². The molecule has 2 aromatic rings. The summed E-state index contributed by atoms with van der Waals surface area (Å²) < 4.78 is 44.6. The van der Waals surface area contributed by atoms with Crippen molar-refractivity contribution >= 4 is 29.4 Å². The Morgan fingerprint density at radius 1 is 1.05 bits per heavy atom. The first-order valence-corrected chi connectivity index (χ1v) is 21.6. The number of methoxy groups -OCH3 is 1. The van der Waals surface area contributed by atoms with Gasteiger partial charge in [-0.1, -0.05) is 62.7 Å². The molecule has 3 saturated heterocycles. The Balaban J connectivity index is 1.63. The second-order valence-electron chi connectivity index (χ2n) is 17.4. The molecule has 0 spiro atoms. The predicted molar refractivity (Wildman–Crippen MR) is 227 cm³/mol. The highest BCUT2D eigenvalue weighted by molar-refractivity contribution is 6.31. The molecule has 14 atom stereocenters. The molecule has 61 heavy (non-hydrogen) atoms. The highest BCUT2D eigenvalue weighted by Gasteiger charge is 2.59. The largest absolute Gasteiger partial charge is 0.509 e. The Bertz CT molecular complexity index is 1820. The van der Waals surface area contributed by atoms with Gasteiger partial charge in [0.05, 0.1) is 35.7 Å². The molecule has 3 aliphatic heterocycles. The molecule has 1 aromatic heterocycles. The Morgan fingerprint density at radius 2 is 1.75 bits per heavy atom. The van der Waals surface area contributed by atoms with Crippen LogP contribution < -0.4 is 0 Å². The van der Waals surface area contributed by atoms with Crippen LogP contribution in [0.15, 0.2) is 60.5 Å². The lowest BCUT2D eigenvalue weighted by Crippen LogP contribution is -2.60. The maximum absolute atomic E-state index is 14.5. The summed E-state index contributed by atoms with van der Waals surface area (Å²) in [7, 11) is 5.42. The van der Waals surface area contributed by atoms with Crippen LogP contribution in [0.5, 0.6) is 0 Å². The molecular formula is C45H65ClN4O11. The summed E-state index contributed by atoms with van der Waals surface area (Å²) in [5.41, 5.74) is -0.414. The van der Waals surface area contributed by atoms with Gasteiger partial charge in [-0.3, -0.25) is 4.79 Å². The number of ether oxygens (including phenoxy) is 7. The Morgan fingerprint density at radius 3 is 2.41 bits per heavy atom. The number of rotatable bonds is 12. The van der Waals surface area contributed by atoms with Crippen LogP contribution in [0.1, 0.15) is 85.8 Å². The maximum Gasteiger partial charge on any atom is 0.509 e. The fraction of sp³-hybridized carbons (Fsp3) is 0.667. The van der Waals surface area contributed by atoms with E-state index >= 15 is 0 Å². The number of carbonyl (C=O) groups excluding carboxylic acids is 2. The number of allylic oxidation sites excluding steroid dienone is 1. The molecule has 3 aliphatic rings. The first-order valence-electron chi connectivity index (χ1n) is 21.2. The zero-order chi connectivity index (χ0) is 44.6. The van der Waals surface area contributed by atoms with Crippen molar-refractivity contribution in [2.24, 2.45) is 28.8 Å². The molecule has 0 aliphatic carbocycles. The molecule has 4 heterocycles. The van der Waals surface area contributed by atoms with Crippen molar-refractivity contribution in [1.82, 2.24) is 14.9 Å². The molecule has 0 radical (unpaired) electrons. The fourth-order valence-corrected chi connectivity index (χ4v) is 9.36. The first-order chi connectivity index (χ1) is 28.9. The Kier molecular flexibility index (Phi) is 16.6. The molecule has 338 valence electrons. The van der Waals surface area contributed by atoms with Crippen molar-refractivity contribution in [1.29, 1.82) is 0 Å². The number of benzene rings is 1. The number of nitrogens with zero attached hydrogens (tertiary/aromatic N) is 4. The number of aliphatic hydroxyl groups is 1. The zero-order valence-corrected chi connectivity index (χ0v) is 38.1. The Hall–Kier alpha value is -3.86. The van der Waals surface area contributed by atoms with Gasteiger partial charge in [0.25, 0.3) is 0 Å². The number of aromatic nitrogens is 2. The first kappa shape index (κ1) is 48.2. The van der Waals surface area contributed by atoms with E-state index in [1.165, 1.54) is 6.33 Å². The number of halogens is 1. The molecule has 0 saturated carbocycles. The lowest BCUT2D eigenvalue weighted by Gasteiger charge is -2.48. The summed E-state index contributed by atoms with van der Waals surface area (Å²) in [6.07, 6.45) is 3.14. The molecule has 16 heteroatoms. The van der Waals surface area contributed by atoms with E-state index in [4.69, 9.17) is 54.8 Å². The number of fused-ring (bicyclic) bond motifs is 1. The number of carbonyl (C=O) groups is 2. The third-order valence-corrected chi connectivity index (χ3v) is 13.0. The van der Waals surface area contributed by atoms with Crippen molar-refractivity contribution in [2.45, 2.75) is 148 Å². The van der Waals surface area contributed by atoms with Crippen LogP contribution in [0.25, 0.3) is 0 Å². The zero-order valence-electron chi connectivity index (χ0n) is 37.4. The van der Waals surface area contributed by atoms with Crippen LogP contribution in [-0.2, 0) is 55.8 Å². The number of hydrogen-bond donors (Lipinski definition) is 1. The molecule has 0 bridgehead atoms. The van der Waals surface area contributed by atoms with E-state index in [1.807, 2.05) is 84.8 Å². The van der Waals surface area contributed by atoms with E-state index in [0.29, 0.717) is 30.0 Å². The monoisotopic (exact) mass is 872 g/mol. The number of aliphatic hydroxyl groups excluding tert-OH is 1. The van der Waals surface area contributed by atoms with Gasteiger partial charge in [0.1, 0.15) is 31.2 Å².